The molecule has 3 unspecified atom stereocenters. The number of ether oxygens (including phenoxy) is 1. The first-order valence-corrected chi connectivity index (χ1v) is 9.77. The third-order valence-corrected chi connectivity index (χ3v) is 6.05. The van der Waals surface area contributed by atoms with Gasteiger partial charge in [0.25, 0.3) is 5.91 Å². The zero-order valence-corrected chi connectivity index (χ0v) is 15.8. The second-order valence-corrected chi connectivity index (χ2v) is 7.86. The number of pyridine rings is 1. The van der Waals surface area contributed by atoms with E-state index < -0.39 is 5.95 Å². The van der Waals surface area contributed by atoms with Crippen molar-refractivity contribution >= 4 is 17.5 Å². The molecular weight excluding hydrogens is 367 g/mol. The highest BCUT2D eigenvalue weighted by atomic mass is 35.5. The van der Waals surface area contributed by atoms with Crippen molar-refractivity contribution in [3.05, 3.63) is 59.1 Å². The first-order chi connectivity index (χ1) is 13.0. The van der Waals surface area contributed by atoms with Gasteiger partial charge in [-0.15, -0.1) is 0 Å². The van der Waals surface area contributed by atoms with Gasteiger partial charge < -0.3 is 10.1 Å². The summed E-state index contributed by atoms with van der Waals surface area (Å²) in [5.74, 6) is 1.74. The molecular formula is C21H22ClFN2O2. The Labute approximate surface area is 163 Å². The van der Waals surface area contributed by atoms with Gasteiger partial charge in [-0.05, 0) is 73.4 Å². The van der Waals surface area contributed by atoms with E-state index in [1.807, 2.05) is 0 Å². The summed E-state index contributed by atoms with van der Waals surface area (Å²) >= 11 is 5.89. The number of nitrogens with zero attached hydrogens (tertiary/aromatic N) is 1. The smallest absolute Gasteiger partial charge is 0.251 e. The lowest BCUT2D eigenvalue weighted by molar-refractivity contribution is 0.0924. The Morgan fingerprint density at radius 3 is 2.56 bits per heavy atom. The summed E-state index contributed by atoms with van der Waals surface area (Å²) in [6.45, 7) is 2.11. The minimum absolute atomic E-state index is 0.0475. The zero-order valence-electron chi connectivity index (χ0n) is 15.1. The molecule has 2 aliphatic carbocycles. The summed E-state index contributed by atoms with van der Waals surface area (Å²) in [6, 6.07) is 10.1. The van der Waals surface area contributed by atoms with Gasteiger partial charge in [0, 0.05) is 16.6 Å². The molecule has 0 spiro atoms. The van der Waals surface area contributed by atoms with Crippen LogP contribution in [-0.4, -0.2) is 23.0 Å². The average molecular weight is 389 g/mol. The number of hydrogen-bond donors (Lipinski definition) is 1. The van der Waals surface area contributed by atoms with Crippen molar-refractivity contribution in [2.45, 2.75) is 38.3 Å². The SMILES string of the molecule is CCC(NC(=O)c1ccc(Cl)cc1)C1C2CC(Oc3ccc(F)nc3)CC21. The number of aromatic nitrogens is 1. The minimum Gasteiger partial charge on any atom is -0.489 e. The number of halogens is 2. The number of carbonyl (C=O) groups excluding carboxylic acids is 1. The number of carbonyl (C=O) groups is 1. The maximum absolute atomic E-state index is 12.9. The first-order valence-electron chi connectivity index (χ1n) is 9.39. The third kappa shape index (κ3) is 3.93. The number of fused-ring (bicyclic) bond motifs is 1. The molecule has 6 heteroatoms. The molecule has 142 valence electrons. The molecule has 2 fully saturated rings. The Morgan fingerprint density at radius 1 is 1.26 bits per heavy atom. The predicted octanol–water partition coefficient (Wildman–Crippen LogP) is 4.49. The zero-order chi connectivity index (χ0) is 19.0. The van der Waals surface area contributed by atoms with Gasteiger partial charge in [-0.3, -0.25) is 4.79 Å². The topological polar surface area (TPSA) is 51.2 Å². The number of amides is 1. The molecule has 0 bridgehead atoms. The number of rotatable bonds is 6. The summed E-state index contributed by atoms with van der Waals surface area (Å²) in [6.07, 6.45) is 4.43. The van der Waals surface area contributed by atoms with E-state index in [-0.39, 0.29) is 18.1 Å². The van der Waals surface area contributed by atoms with Crippen LogP contribution >= 0.6 is 11.6 Å². The molecule has 4 nitrogen and oxygen atoms in total. The molecule has 27 heavy (non-hydrogen) atoms. The van der Waals surface area contributed by atoms with E-state index in [2.05, 4.69) is 17.2 Å². The molecule has 2 aliphatic rings. The van der Waals surface area contributed by atoms with E-state index >= 15 is 0 Å². The molecule has 0 saturated heterocycles. The van der Waals surface area contributed by atoms with Gasteiger partial charge in [0.1, 0.15) is 5.75 Å². The van der Waals surface area contributed by atoms with Crippen molar-refractivity contribution in [1.29, 1.82) is 0 Å². The molecule has 2 saturated carbocycles. The van der Waals surface area contributed by atoms with Crippen LogP contribution in [0.4, 0.5) is 4.39 Å². The van der Waals surface area contributed by atoms with E-state index in [0.717, 1.165) is 19.3 Å². The van der Waals surface area contributed by atoms with Crippen LogP contribution in [0.1, 0.15) is 36.5 Å². The summed E-state index contributed by atoms with van der Waals surface area (Å²) in [5, 5.41) is 3.81. The van der Waals surface area contributed by atoms with Gasteiger partial charge in [0.05, 0.1) is 12.3 Å². The van der Waals surface area contributed by atoms with Gasteiger partial charge in [-0.1, -0.05) is 18.5 Å². The van der Waals surface area contributed by atoms with E-state index in [9.17, 15) is 9.18 Å². The standard InChI is InChI=1S/C21H22ClFN2O2/c1-2-18(25-21(26)12-3-5-13(22)6-4-12)20-16-9-15(10-17(16)20)27-14-7-8-19(23)24-11-14/h3-8,11,15-18,20H,2,9-10H2,1H3,(H,25,26). The van der Waals surface area contributed by atoms with Crippen molar-refractivity contribution < 1.29 is 13.9 Å². The van der Waals surface area contributed by atoms with E-state index in [0.29, 0.717) is 34.1 Å². The van der Waals surface area contributed by atoms with Crippen molar-refractivity contribution in [2.75, 3.05) is 0 Å². The van der Waals surface area contributed by atoms with E-state index in [1.54, 1.807) is 30.3 Å². The Morgan fingerprint density at radius 2 is 1.96 bits per heavy atom. The van der Waals surface area contributed by atoms with Gasteiger partial charge >= 0.3 is 0 Å². The highest BCUT2D eigenvalue weighted by Crippen LogP contribution is 2.60. The maximum Gasteiger partial charge on any atom is 0.251 e. The molecule has 1 aromatic heterocycles. The van der Waals surface area contributed by atoms with Crippen molar-refractivity contribution in [3.63, 3.8) is 0 Å². The van der Waals surface area contributed by atoms with Crippen molar-refractivity contribution in [1.82, 2.24) is 10.3 Å². The highest BCUT2D eigenvalue weighted by Gasteiger charge is 2.59. The lowest BCUT2D eigenvalue weighted by Crippen LogP contribution is -2.37. The molecule has 1 amide bonds. The van der Waals surface area contributed by atoms with Gasteiger partial charge in [-0.25, -0.2) is 4.98 Å². The molecule has 1 aromatic carbocycles. The van der Waals surface area contributed by atoms with Crippen molar-refractivity contribution in [3.8, 4) is 5.75 Å². The van der Waals surface area contributed by atoms with Crippen LogP contribution in [0.15, 0.2) is 42.6 Å². The number of nitrogens with one attached hydrogen (secondary N) is 1. The Balaban J connectivity index is 1.31. The lowest BCUT2D eigenvalue weighted by atomic mass is 10.00. The van der Waals surface area contributed by atoms with Crippen LogP contribution in [0.5, 0.6) is 5.75 Å². The predicted molar refractivity (Wildman–Crippen MR) is 101 cm³/mol. The monoisotopic (exact) mass is 388 g/mol. The summed E-state index contributed by atoms with van der Waals surface area (Å²) in [7, 11) is 0. The molecule has 1 heterocycles. The lowest BCUT2D eigenvalue weighted by Gasteiger charge is -2.22. The fourth-order valence-corrected chi connectivity index (χ4v) is 4.61. The number of benzene rings is 1. The van der Waals surface area contributed by atoms with Crippen LogP contribution in [0, 0.1) is 23.7 Å². The molecule has 3 atom stereocenters. The number of hydrogen-bond acceptors (Lipinski definition) is 3. The normalized spacial score (nSPS) is 26.9. The maximum atomic E-state index is 12.9. The fraction of sp³-hybridized carbons (Fsp3) is 0.429. The molecule has 1 N–H and O–H groups in total. The highest BCUT2D eigenvalue weighted by molar-refractivity contribution is 6.30. The van der Waals surface area contributed by atoms with Crippen LogP contribution in [0.25, 0.3) is 0 Å². The quantitative estimate of drug-likeness (QED) is 0.742. The second-order valence-electron chi connectivity index (χ2n) is 7.43. The van der Waals surface area contributed by atoms with Crippen molar-refractivity contribution in [2.24, 2.45) is 17.8 Å². The average Bonchev–Trinajstić information content (AvgIpc) is 3.16. The molecule has 0 aliphatic heterocycles. The first kappa shape index (κ1) is 18.2. The van der Waals surface area contributed by atoms with Crippen LogP contribution in [0.2, 0.25) is 5.02 Å². The Kier molecular flexibility index (Phi) is 5.04. The Hall–Kier alpha value is -2.14. The summed E-state index contributed by atoms with van der Waals surface area (Å²) in [4.78, 5) is 16.1. The second kappa shape index (κ2) is 7.47. The Bertz CT molecular complexity index is 800. The van der Waals surface area contributed by atoms with Crippen LogP contribution in [0.3, 0.4) is 0 Å². The molecule has 4 rings (SSSR count). The minimum atomic E-state index is -0.501. The summed E-state index contributed by atoms with van der Waals surface area (Å²) in [5.41, 5.74) is 0.633. The van der Waals surface area contributed by atoms with Gasteiger partial charge in [-0.2, -0.15) is 4.39 Å². The largest absolute Gasteiger partial charge is 0.489 e. The van der Waals surface area contributed by atoms with E-state index in [1.165, 1.54) is 12.3 Å². The van der Waals surface area contributed by atoms with Crippen LogP contribution < -0.4 is 10.1 Å². The summed E-state index contributed by atoms with van der Waals surface area (Å²) < 4.78 is 18.8. The third-order valence-electron chi connectivity index (χ3n) is 5.80. The van der Waals surface area contributed by atoms with Gasteiger partial charge in [0.15, 0.2) is 0 Å². The van der Waals surface area contributed by atoms with E-state index in [4.69, 9.17) is 16.3 Å². The van der Waals surface area contributed by atoms with Gasteiger partial charge in [0.2, 0.25) is 5.95 Å². The van der Waals surface area contributed by atoms with Crippen LogP contribution in [-0.2, 0) is 0 Å². The fourth-order valence-electron chi connectivity index (χ4n) is 4.48. The molecule has 0 radical (unpaired) electrons. The molecule has 2 aromatic rings.